The minimum Gasteiger partial charge on any atom is -0.462 e. The van der Waals surface area contributed by atoms with Crippen LogP contribution in [0.2, 0.25) is 5.02 Å². The molecule has 0 saturated carbocycles. The van der Waals surface area contributed by atoms with Crippen molar-refractivity contribution in [2.24, 2.45) is 0 Å². The maximum Gasteiger partial charge on any atom is 0.341 e. The normalized spacial score (nSPS) is 12.2. The lowest BCUT2D eigenvalue weighted by molar-refractivity contribution is -0.384. The summed E-state index contributed by atoms with van der Waals surface area (Å²) in [6.07, 6.45) is 2.50. The van der Waals surface area contributed by atoms with Crippen molar-refractivity contribution >= 4 is 51.5 Å². The molecule has 2 aromatic rings. The lowest BCUT2D eigenvalue weighted by atomic mass is 10.1. The zero-order valence-corrected chi connectivity index (χ0v) is 17.4. The first kappa shape index (κ1) is 21.7. The van der Waals surface area contributed by atoms with Crippen LogP contribution in [0, 0.1) is 10.1 Å². The average molecular weight is 453 g/mol. The van der Waals surface area contributed by atoms with Gasteiger partial charge in [0, 0.05) is 10.9 Å². The highest BCUT2D eigenvalue weighted by Gasteiger charge is 2.28. The van der Waals surface area contributed by atoms with Gasteiger partial charge in [0.05, 0.1) is 22.7 Å². The van der Waals surface area contributed by atoms with Crippen LogP contribution in [0.1, 0.15) is 44.5 Å². The molecule has 30 heavy (non-hydrogen) atoms. The molecular formula is C19H17ClN2O7S. The second kappa shape index (κ2) is 9.23. The Morgan fingerprint density at radius 2 is 2.00 bits per heavy atom. The van der Waals surface area contributed by atoms with Crippen LogP contribution in [0.15, 0.2) is 18.2 Å². The van der Waals surface area contributed by atoms with Gasteiger partial charge in [0.2, 0.25) is 0 Å². The van der Waals surface area contributed by atoms with Crippen molar-refractivity contribution in [1.82, 2.24) is 0 Å². The summed E-state index contributed by atoms with van der Waals surface area (Å²) >= 11 is 7.02. The molecule has 1 heterocycles. The minimum absolute atomic E-state index is 0.110. The summed E-state index contributed by atoms with van der Waals surface area (Å²) < 4.78 is 10.0. The first-order chi connectivity index (χ1) is 14.3. The molecule has 0 aliphatic heterocycles. The quantitative estimate of drug-likeness (QED) is 0.385. The van der Waals surface area contributed by atoms with Crippen molar-refractivity contribution < 1.29 is 28.8 Å². The Morgan fingerprint density at radius 1 is 1.23 bits per heavy atom. The van der Waals surface area contributed by atoms with Gasteiger partial charge in [0.15, 0.2) is 6.61 Å². The summed E-state index contributed by atoms with van der Waals surface area (Å²) in [5.41, 5.74) is 0.686. The van der Waals surface area contributed by atoms with E-state index < -0.39 is 35.1 Å². The summed E-state index contributed by atoms with van der Waals surface area (Å²) in [4.78, 5) is 47.9. The van der Waals surface area contributed by atoms with Crippen LogP contribution in [-0.2, 0) is 27.1 Å². The molecule has 0 fully saturated rings. The van der Waals surface area contributed by atoms with E-state index in [0.717, 1.165) is 35.8 Å². The summed E-state index contributed by atoms with van der Waals surface area (Å²) in [5, 5.41) is 13.8. The van der Waals surface area contributed by atoms with Gasteiger partial charge in [0.1, 0.15) is 10.0 Å². The first-order valence-corrected chi connectivity index (χ1v) is 10.2. The highest BCUT2D eigenvalue weighted by atomic mass is 35.5. The zero-order valence-electron chi connectivity index (χ0n) is 15.9. The summed E-state index contributed by atoms with van der Waals surface area (Å²) in [6.45, 7) is 1.28. The Kier molecular flexibility index (Phi) is 6.68. The Hall–Kier alpha value is -2.98. The lowest BCUT2D eigenvalue weighted by Gasteiger charge is -2.09. The molecule has 0 unspecified atom stereocenters. The van der Waals surface area contributed by atoms with E-state index in [-0.39, 0.29) is 17.2 Å². The number of ether oxygens (including phenoxy) is 2. The van der Waals surface area contributed by atoms with Crippen LogP contribution in [0.4, 0.5) is 10.7 Å². The van der Waals surface area contributed by atoms with Crippen LogP contribution >= 0.6 is 22.9 Å². The van der Waals surface area contributed by atoms with Crippen molar-refractivity contribution in [3.63, 3.8) is 0 Å². The second-order valence-electron chi connectivity index (χ2n) is 6.33. The number of nitrogens with zero attached hydrogens (tertiary/aromatic N) is 1. The van der Waals surface area contributed by atoms with Gasteiger partial charge in [-0.1, -0.05) is 11.6 Å². The van der Waals surface area contributed by atoms with Crippen LogP contribution in [0.3, 0.4) is 0 Å². The molecule has 1 aromatic carbocycles. The number of amides is 1. The van der Waals surface area contributed by atoms with E-state index in [2.05, 4.69) is 5.32 Å². The Labute approximate surface area is 180 Å². The predicted molar refractivity (Wildman–Crippen MR) is 109 cm³/mol. The molecule has 11 heteroatoms. The predicted octanol–water partition coefficient (Wildman–Crippen LogP) is 3.77. The van der Waals surface area contributed by atoms with Gasteiger partial charge in [-0.3, -0.25) is 14.9 Å². The van der Waals surface area contributed by atoms with Gasteiger partial charge < -0.3 is 14.8 Å². The number of carbonyl (C=O) groups is 3. The molecule has 0 bridgehead atoms. The third-order valence-corrected chi connectivity index (χ3v) is 5.89. The Bertz CT molecular complexity index is 1030. The fourth-order valence-corrected chi connectivity index (χ4v) is 4.55. The molecule has 1 aliphatic carbocycles. The molecule has 0 radical (unpaired) electrons. The summed E-state index contributed by atoms with van der Waals surface area (Å²) in [5.74, 6) is -2.06. The average Bonchev–Trinajstić information content (AvgIpc) is 3.27. The number of esters is 2. The minimum atomic E-state index is -0.913. The molecule has 0 saturated heterocycles. The number of rotatable bonds is 7. The third kappa shape index (κ3) is 4.60. The molecule has 0 atom stereocenters. The van der Waals surface area contributed by atoms with Crippen molar-refractivity contribution in [2.75, 3.05) is 18.5 Å². The number of hydrogen-bond donors (Lipinski definition) is 1. The number of anilines is 1. The van der Waals surface area contributed by atoms with Crippen molar-refractivity contribution in [3.05, 3.63) is 54.9 Å². The number of thiophene rings is 1. The van der Waals surface area contributed by atoms with E-state index in [1.165, 1.54) is 23.5 Å². The maximum atomic E-state index is 12.3. The molecule has 1 aliphatic rings. The van der Waals surface area contributed by atoms with Crippen molar-refractivity contribution in [2.45, 2.75) is 26.2 Å². The van der Waals surface area contributed by atoms with Crippen LogP contribution < -0.4 is 5.32 Å². The van der Waals surface area contributed by atoms with Crippen molar-refractivity contribution in [1.29, 1.82) is 0 Å². The molecule has 9 nitrogen and oxygen atoms in total. The van der Waals surface area contributed by atoms with E-state index in [9.17, 15) is 24.5 Å². The number of nitro benzene ring substituents is 1. The molecule has 1 aromatic heterocycles. The number of hydrogen-bond acceptors (Lipinski definition) is 8. The monoisotopic (exact) mass is 452 g/mol. The van der Waals surface area contributed by atoms with E-state index in [1.807, 2.05) is 0 Å². The van der Waals surface area contributed by atoms with E-state index in [1.54, 1.807) is 6.92 Å². The van der Waals surface area contributed by atoms with Crippen LogP contribution in [0.25, 0.3) is 0 Å². The highest BCUT2D eigenvalue weighted by Crippen LogP contribution is 2.39. The number of carbonyl (C=O) groups excluding carboxylic acids is 3. The number of halogens is 1. The molecule has 1 amide bonds. The number of aryl methyl sites for hydroxylation is 1. The number of nitro groups is 1. The first-order valence-electron chi connectivity index (χ1n) is 9.04. The van der Waals surface area contributed by atoms with E-state index in [4.69, 9.17) is 21.1 Å². The van der Waals surface area contributed by atoms with Crippen LogP contribution in [0.5, 0.6) is 0 Å². The van der Waals surface area contributed by atoms with Crippen LogP contribution in [-0.4, -0.2) is 36.0 Å². The summed E-state index contributed by atoms with van der Waals surface area (Å²) in [6, 6.07) is 3.44. The van der Waals surface area contributed by atoms with E-state index in [0.29, 0.717) is 10.6 Å². The lowest BCUT2D eigenvalue weighted by Crippen LogP contribution is -2.22. The Morgan fingerprint density at radius 3 is 2.70 bits per heavy atom. The molecule has 0 spiro atoms. The van der Waals surface area contributed by atoms with Gasteiger partial charge in [-0.25, -0.2) is 9.59 Å². The molecular weight excluding hydrogens is 436 g/mol. The zero-order chi connectivity index (χ0) is 21.8. The van der Waals surface area contributed by atoms with Gasteiger partial charge >= 0.3 is 11.9 Å². The maximum absolute atomic E-state index is 12.3. The van der Waals surface area contributed by atoms with Gasteiger partial charge in [0.25, 0.3) is 11.6 Å². The number of benzene rings is 1. The van der Waals surface area contributed by atoms with Gasteiger partial charge in [-0.15, -0.1) is 11.3 Å². The third-order valence-electron chi connectivity index (χ3n) is 4.37. The fraction of sp³-hybridized carbons (Fsp3) is 0.316. The highest BCUT2D eigenvalue weighted by molar-refractivity contribution is 7.17. The Balaban J connectivity index is 1.67. The van der Waals surface area contributed by atoms with Gasteiger partial charge in [-0.05, 0) is 43.9 Å². The largest absolute Gasteiger partial charge is 0.462 e. The summed E-state index contributed by atoms with van der Waals surface area (Å²) in [7, 11) is 0. The standard InChI is InChI=1S/C19H17ClN2O7S/c1-2-28-19(25)16-11-4-3-5-14(11)30-17(16)21-15(23)9-29-18(24)10-6-7-12(20)13(8-10)22(26)27/h6-8H,2-5,9H2,1H3,(H,21,23). The van der Waals surface area contributed by atoms with E-state index >= 15 is 0 Å². The topological polar surface area (TPSA) is 125 Å². The molecule has 1 N–H and O–H groups in total. The van der Waals surface area contributed by atoms with Gasteiger partial charge in [-0.2, -0.15) is 0 Å². The fourth-order valence-electron chi connectivity index (χ4n) is 3.07. The number of fused-ring (bicyclic) bond motifs is 1. The molecule has 3 rings (SSSR count). The van der Waals surface area contributed by atoms with Crippen molar-refractivity contribution in [3.8, 4) is 0 Å². The smallest absolute Gasteiger partial charge is 0.341 e. The number of nitrogens with one attached hydrogen (secondary N) is 1. The second-order valence-corrected chi connectivity index (χ2v) is 7.84. The molecule has 158 valence electrons. The SMILES string of the molecule is CCOC(=O)c1c(NC(=O)COC(=O)c2ccc(Cl)c([N+](=O)[O-])c2)sc2c1CCC2.